The van der Waals surface area contributed by atoms with Crippen LogP contribution in [-0.4, -0.2) is 52.5 Å². The highest BCUT2D eigenvalue weighted by Crippen LogP contribution is 2.22. The lowest BCUT2D eigenvalue weighted by Gasteiger charge is -2.18. The number of aliphatic hydroxyl groups is 2. The Labute approximate surface area is 126 Å². The topological polar surface area (TPSA) is 86.8 Å². The first kappa shape index (κ1) is 15.5. The zero-order valence-electron chi connectivity index (χ0n) is 11.2. The minimum atomic E-state index is -0.401. The number of nitrogens with zero attached hydrogens (tertiary/aromatic N) is 2. The average Bonchev–Trinajstić information content (AvgIpc) is 2.97. The van der Waals surface area contributed by atoms with Crippen LogP contribution in [0.5, 0.6) is 0 Å². The number of amides is 1. The number of halogens is 1. The Kier molecular flexibility index (Phi) is 5.32. The van der Waals surface area contributed by atoms with Crippen LogP contribution >= 0.6 is 11.6 Å². The summed E-state index contributed by atoms with van der Waals surface area (Å²) in [7, 11) is 0. The van der Waals surface area contributed by atoms with Gasteiger partial charge in [0.05, 0.1) is 13.2 Å². The maximum absolute atomic E-state index is 12.2. The Morgan fingerprint density at radius 1 is 1.19 bits per heavy atom. The van der Waals surface area contributed by atoms with Crippen LogP contribution in [0.2, 0.25) is 5.02 Å². The van der Waals surface area contributed by atoms with Gasteiger partial charge in [-0.1, -0.05) is 16.8 Å². The van der Waals surface area contributed by atoms with E-state index >= 15 is 0 Å². The van der Waals surface area contributed by atoms with E-state index in [0.29, 0.717) is 10.8 Å². The van der Waals surface area contributed by atoms with Crippen molar-refractivity contribution < 1.29 is 19.5 Å². The SMILES string of the molecule is O=C(c1cc(-c2ccc(Cl)cc2)on1)N(CCO)CCO. The van der Waals surface area contributed by atoms with Gasteiger partial charge in [-0.3, -0.25) is 4.79 Å². The van der Waals surface area contributed by atoms with E-state index < -0.39 is 5.91 Å². The van der Waals surface area contributed by atoms with Gasteiger partial charge < -0.3 is 19.6 Å². The van der Waals surface area contributed by atoms with Gasteiger partial charge in [0.15, 0.2) is 11.5 Å². The highest BCUT2D eigenvalue weighted by Gasteiger charge is 2.19. The molecule has 0 aliphatic heterocycles. The Hall–Kier alpha value is -1.89. The summed E-state index contributed by atoms with van der Waals surface area (Å²) in [6, 6.07) is 8.47. The number of aliphatic hydroxyl groups excluding tert-OH is 2. The molecule has 1 amide bonds. The molecule has 0 aliphatic rings. The third-order valence-electron chi connectivity index (χ3n) is 2.89. The molecule has 1 aromatic carbocycles. The molecular formula is C14H15ClN2O4. The lowest BCUT2D eigenvalue weighted by molar-refractivity contribution is 0.0674. The van der Waals surface area contributed by atoms with Crippen molar-refractivity contribution in [2.24, 2.45) is 0 Å². The molecule has 1 heterocycles. The van der Waals surface area contributed by atoms with Crippen LogP contribution in [0.15, 0.2) is 34.9 Å². The van der Waals surface area contributed by atoms with Crippen molar-refractivity contribution >= 4 is 17.5 Å². The Morgan fingerprint density at radius 3 is 2.38 bits per heavy atom. The van der Waals surface area contributed by atoms with Crippen LogP contribution in [0.25, 0.3) is 11.3 Å². The molecule has 0 saturated heterocycles. The zero-order valence-corrected chi connectivity index (χ0v) is 12.0. The third kappa shape index (κ3) is 3.81. The zero-order chi connectivity index (χ0) is 15.2. The van der Waals surface area contributed by atoms with Crippen molar-refractivity contribution in [2.45, 2.75) is 0 Å². The minimum absolute atomic E-state index is 0.127. The highest BCUT2D eigenvalue weighted by atomic mass is 35.5. The number of hydrogen-bond acceptors (Lipinski definition) is 5. The normalized spacial score (nSPS) is 10.6. The van der Waals surface area contributed by atoms with Crippen LogP contribution in [0.3, 0.4) is 0 Å². The summed E-state index contributed by atoms with van der Waals surface area (Å²) in [5, 5.41) is 22.2. The number of hydrogen-bond donors (Lipinski definition) is 2. The van der Waals surface area contributed by atoms with Crippen molar-refractivity contribution in [3.05, 3.63) is 41.0 Å². The third-order valence-corrected chi connectivity index (χ3v) is 3.14. The molecule has 0 spiro atoms. The fraction of sp³-hybridized carbons (Fsp3) is 0.286. The number of rotatable bonds is 6. The number of carbonyl (C=O) groups excluding carboxylic acids is 1. The Bertz CT molecular complexity index is 591. The molecule has 112 valence electrons. The van der Waals surface area contributed by atoms with Gasteiger partial charge in [0, 0.05) is 29.7 Å². The van der Waals surface area contributed by atoms with E-state index in [0.717, 1.165) is 5.56 Å². The molecule has 21 heavy (non-hydrogen) atoms. The maximum atomic E-state index is 12.2. The molecule has 2 aromatic rings. The van der Waals surface area contributed by atoms with Gasteiger partial charge in [-0.25, -0.2) is 0 Å². The smallest absolute Gasteiger partial charge is 0.276 e. The van der Waals surface area contributed by atoms with Crippen LogP contribution in [0, 0.1) is 0 Å². The quantitative estimate of drug-likeness (QED) is 0.842. The average molecular weight is 311 g/mol. The molecule has 0 bridgehead atoms. The van der Waals surface area contributed by atoms with E-state index in [-0.39, 0.29) is 32.0 Å². The fourth-order valence-corrected chi connectivity index (χ4v) is 1.97. The monoisotopic (exact) mass is 310 g/mol. The van der Waals surface area contributed by atoms with Gasteiger partial charge in [0.2, 0.25) is 0 Å². The molecule has 0 aliphatic carbocycles. The summed E-state index contributed by atoms with van der Waals surface area (Å²) in [6.45, 7) is -0.119. The van der Waals surface area contributed by atoms with E-state index in [9.17, 15) is 4.79 Å². The van der Waals surface area contributed by atoms with Crippen molar-refractivity contribution in [2.75, 3.05) is 26.3 Å². The lowest BCUT2D eigenvalue weighted by atomic mass is 10.1. The van der Waals surface area contributed by atoms with Gasteiger partial charge >= 0.3 is 0 Å². The van der Waals surface area contributed by atoms with E-state index in [2.05, 4.69) is 5.16 Å². The molecule has 1 aromatic heterocycles. The Balaban J connectivity index is 2.18. The van der Waals surface area contributed by atoms with Crippen LogP contribution in [-0.2, 0) is 0 Å². The number of benzene rings is 1. The van der Waals surface area contributed by atoms with Crippen LogP contribution < -0.4 is 0 Å². The molecule has 0 atom stereocenters. The van der Waals surface area contributed by atoms with Gasteiger partial charge in [0.1, 0.15) is 0 Å². The minimum Gasteiger partial charge on any atom is -0.395 e. The predicted molar refractivity (Wildman–Crippen MR) is 77.0 cm³/mol. The summed E-state index contributed by atoms with van der Waals surface area (Å²) < 4.78 is 5.15. The molecular weight excluding hydrogens is 296 g/mol. The number of carbonyl (C=O) groups is 1. The fourth-order valence-electron chi connectivity index (χ4n) is 1.84. The van der Waals surface area contributed by atoms with Crippen LogP contribution in [0.1, 0.15) is 10.5 Å². The first-order chi connectivity index (χ1) is 10.2. The molecule has 7 heteroatoms. The maximum Gasteiger partial charge on any atom is 0.276 e. The van der Waals surface area contributed by atoms with Gasteiger partial charge in [-0.05, 0) is 24.3 Å². The second-order valence-corrected chi connectivity index (χ2v) is 4.76. The number of aromatic nitrogens is 1. The second kappa shape index (κ2) is 7.21. The summed E-state index contributed by atoms with van der Waals surface area (Å²) in [5.74, 6) is 0.0463. The first-order valence-corrected chi connectivity index (χ1v) is 6.77. The lowest BCUT2D eigenvalue weighted by Crippen LogP contribution is -2.36. The van der Waals surface area contributed by atoms with E-state index in [1.54, 1.807) is 24.3 Å². The summed E-state index contributed by atoms with van der Waals surface area (Å²) in [5.41, 5.74) is 0.878. The van der Waals surface area contributed by atoms with Crippen molar-refractivity contribution in [3.8, 4) is 11.3 Å². The van der Waals surface area contributed by atoms with Crippen molar-refractivity contribution in [1.29, 1.82) is 0 Å². The summed E-state index contributed by atoms with van der Waals surface area (Å²) in [4.78, 5) is 13.5. The van der Waals surface area contributed by atoms with E-state index in [1.807, 2.05) is 0 Å². The summed E-state index contributed by atoms with van der Waals surface area (Å²) >= 11 is 5.81. The van der Waals surface area contributed by atoms with Gasteiger partial charge in [-0.15, -0.1) is 0 Å². The molecule has 2 rings (SSSR count). The molecule has 0 radical (unpaired) electrons. The highest BCUT2D eigenvalue weighted by molar-refractivity contribution is 6.30. The first-order valence-electron chi connectivity index (χ1n) is 6.39. The van der Waals surface area contributed by atoms with E-state index in [1.165, 1.54) is 11.0 Å². The molecule has 6 nitrogen and oxygen atoms in total. The largest absolute Gasteiger partial charge is 0.395 e. The van der Waals surface area contributed by atoms with Gasteiger partial charge in [0.25, 0.3) is 5.91 Å². The molecule has 0 saturated carbocycles. The molecule has 2 N–H and O–H groups in total. The second-order valence-electron chi connectivity index (χ2n) is 4.32. The van der Waals surface area contributed by atoms with Crippen LogP contribution in [0.4, 0.5) is 0 Å². The van der Waals surface area contributed by atoms with E-state index in [4.69, 9.17) is 26.3 Å². The van der Waals surface area contributed by atoms with Crippen molar-refractivity contribution in [3.63, 3.8) is 0 Å². The standard InChI is InChI=1S/C14H15ClN2O4/c15-11-3-1-10(2-4-11)13-9-12(16-21-13)14(20)17(5-7-18)6-8-19/h1-4,9,18-19H,5-8H2. The molecule has 0 unspecified atom stereocenters. The Morgan fingerprint density at radius 2 is 1.81 bits per heavy atom. The van der Waals surface area contributed by atoms with Gasteiger partial charge in [-0.2, -0.15) is 0 Å². The predicted octanol–water partition coefficient (Wildman–Crippen LogP) is 1.42. The van der Waals surface area contributed by atoms with Crippen molar-refractivity contribution in [1.82, 2.24) is 10.1 Å². The summed E-state index contributed by atoms with van der Waals surface area (Å²) in [6.07, 6.45) is 0. The molecule has 0 fully saturated rings.